The molecule has 122 valence electrons. The topological polar surface area (TPSA) is 46.9 Å². The molecule has 0 radical (unpaired) electrons. The molecule has 1 amide bonds. The monoisotopic (exact) mass is 319 g/mol. The van der Waals surface area contributed by atoms with Crippen molar-refractivity contribution < 1.29 is 4.79 Å². The van der Waals surface area contributed by atoms with Crippen LogP contribution < -0.4 is 5.32 Å². The lowest BCUT2D eigenvalue weighted by atomic mass is 9.98. The lowest BCUT2D eigenvalue weighted by molar-refractivity contribution is 0.102. The van der Waals surface area contributed by atoms with Gasteiger partial charge in [0.25, 0.3) is 5.91 Å². The maximum absolute atomic E-state index is 12.7. The van der Waals surface area contributed by atoms with Crippen LogP contribution in [0.25, 0.3) is 5.69 Å². The average Bonchev–Trinajstić information content (AvgIpc) is 3.11. The first kappa shape index (κ1) is 16.0. The quantitative estimate of drug-likeness (QED) is 0.766. The van der Waals surface area contributed by atoms with Gasteiger partial charge in [0, 0.05) is 23.6 Å². The molecule has 4 heteroatoms. The van der Waals surface area contributed by atoms with Crippen molar-refractivity contribution in [2.24, 2.45) is 0 Å². The molecule has 1 aromatic heterocycles. The van der Waals surface area contributed by atoms with Crippen molar-refractivity contribution in [3.8, 4) is 5.69 Å². The first-order valence-corrected chi connectivity index (χ1v) is 8.07. The molecule has 1 heterocycles. The second-order valence-corrected chi connectivity index (χ2v) is 6.15. The third-order valence-corrected chi connectivity index (χ3v) is 4.04. The molecular formula is C20H21N3O. The Morgan fingerprint density at radius 1 is 1.12 bits per heavy atom. The van der Waals surface area contributed by atoms with Gasteiger partial charge >= 0.3 is 0 Å². The van der Waals surface area contributed by atoms with Gasteiger partial charge in [-0.25, -0.2) is 4.68 Å². The van der Waals surface area contributed by atoms with Gasteiger partial charge in [0.05, 0.1) is 5.69 Å². The molecule has 0 bridgehead atoms. The number of aryl methyl sites for hydroxylation is 1. The zero-order valence-electron chi connectivity index (χ0n) is 14.2. The Balaban J connectivity index is 1.90. The summed E-state index contributed by atoms with van der Waals surface area (Å²) in [5.74, 6) is 0.232. The van der Waals surface area contributed by atoms with Gasteiger partial charge < -0.3 is 5.32 Å². The van der Waals surface area contributed by atoms with E-state index in [4.69, 9.17) is 0 Å². The van der Waals surface area contributed by atoms with Crippen molar-refractivity contribution in [2.75, 3.05) is 5.32 Å². The standard InChI is InChI=1S/C20H21N3O/c1-14(2)18-10-4-7-15(3)19(18)22-20(24)16-8-5-9-17(13-16)23-12-6-11-21-23/h4-14H,1-3H3,(H,22,24). The van der Waals surface area contributed by atoms with Crippen LogP contribution in [0.5, 0.6) is 0 Å². The molecular weight excluding hydrogens is 298 g/mol. The number of para-hydroxylation sites is 1. The van der Waals surface area contributed by atoms with Gasteiger partial charge in [-0.2, -0.15) is 5.10 Å². The van der Waals surface area contributed by atoms with E-state index < -0.39 is 0 Å². The largest absolute Gasteiger partial charge is 0.321 e. The van der Waals surface area contributed by atoms with Crippen LogP contribution >= 0.6 is 0 Å². The van der Waals surface area contributed by atoms with Gasteiger partial charge in [-0.1, -0.05) is 38.1 Å². The zero-order valence-corrected chi connectivity index (χ0v) is 14.2. The van der Waals surface area contributed by atoms with Crippen LogP contribution in [-0.2, 0) is 0 Å². The summed E-state index contributed by atoms with van der Waals surface area (Å²) in [5.41, 5.74) is 4.59. The smallest absolute Gasteiger partial charge is 0.255 e. The second-order valence-electron chi connectivity index (χ2n) is 6.15. The van der Waals surface area contributed by atoms with Crippen molar-refractivity contribution in [2.45, 2.75) is 26.7 Å². The van der Waals surface area contributed by atoms with E-state index >= 15 is 0 Å². The Labute approximate surface area is 142 Å². The molecule has 1 N–H and O–H groups in total. The second kappa shape index (κ2) is 6.71. The molecule has 0 atom stereocenters. The molecule has 0 aliphatic carbocycles. The predicted molar refractivity (Wildman–Crippen MR) is 96.8 cm³/mol. The van der Waals surface area contributed by atoms with E-state index in [1.807, 2.05) is 55.6 Å². The fourth-order valence-corrected chi connectivity index (χ4v) is 2.74. The van der Waals surface area contributed by atoms with Crippen molar-refractivity contribution in [3.63, 3.8) is 0 Å². The number of amides is 1. The molecule has 0 fully saturated rings. The number of hydrogen-bond acceptors (Lipinski definition) is 2. The molecule has 4 nitrogen and oxygen atoms in total. The van der Waals surface area contributed by atoms with E-state index in [0.717, 1.165) is 22.5 Å². The number of hydrogen-bond donors (Lipinski definition) is 1. The summed E-state index contributed by atoms with van der Waals surface area (Å²) in [4.78, 5) is 12.7. The summed E-state index contributed by atoms with van der Waals surface area (Å²) in [6, 6.07) is 15.4. The Kier molecular flexibility index (Phi) is 4.47. The fourth-order valence-electron chi connectivity index (χ4n) is 2.74. The third-order valence-electron chi connectivity index (χ3n) is 4.04. The summed E-state index contributed by atoms with van der Waals surface area (Å²) in [6.45, 7) is 6.27. The maximum atomic E-state index is 12.7. The molecule has 0 spiro atoms. The number of anilines is 1. The molecule has 0 aliphatic rings. The molecule has 2 aromatic carbocycles. The highest BCUT2D eigenvalue weighted by molar-refractivity contribution is 6.05. The number of rotatable bonds is 4. The van der Waals surface area contributed by atoms with Gasteiger partial charge in [0.2, 0.25) is 0 Å². The van der Waals surface area contributed by atoms with Crippen LogP contribution in [-0.4, -0.2) is 15.7 Å². The normalized spacial score (nSPS) is 10.8. The Hall–Kier alpha value is -2.88. The highest BCUT2D eigenvalue weighted by Crippen LogP contribution is 2.28. The van der Waals surface area contributed by atoms with Crippen LogP contribution in [0.3, 0.4) is 0 Å². The number of carbonyl (C=O) groups is 1. The molecule has 0 saturated carbocycles. The van der Waals surface area contributed by atoms with E-state index in [2.05, 4.69) is 30.3 Å². The first-order valence-electron chi connectivity index (χ1n) is 8.07. The minimum Gasteiger partial charge on any atom is -0.321 e. The van der Waals surface area contributed by atoms with Crippen LogP contribution in [0.4, 0.5) is 5.69 Å². The van der Waals surface area contributed by atoms with E-state index in [1.54, 1.807) is 10.9 Å². The maximum Gasteiger partial charge on any atom is 0.255 e. The average molecular weight is 319 g/mol. The van der Waals surface area contributed by atoms with Crippen molar-refractivity contribution in [1.82, 2.24) is 9.78 Å². The molecule has 0 saturated heterocycles. The van der Waals surface area contributed by atoms with E-state index in [9.17, 15) is 4.79 Å². The molecule has 0 aliphatic heterocycles. The molecule has 0 unspecified atom stereocenters. The lowest BCUT2D eigenvalue weighted by Gasteiger charge is -2.16. The van der Waals surface area contributed by atoms with Crippen molar-refractivity contribution in [1.29, 1.82) is 0 Å². The van der Waals surface area contributed by atoms with Gasteiger partial charge in [-0.05, 0) is 48.2 Å². The number of nitrogens with one attached hydrogen (secondary N) is 1. The fraction of sp³-hybridized carbons (Fsp3) is 0.200. The van der Waals surface area contributed by atoms with E-state index in [0.29, 0.717) is 11.5 Å². The van der Waals surface area contributed by atoms with Gasteiger partial charge in [-0.15, -0.1) is 0 Å². The van der Waals surface area contributed by atoms with Crippen molar-refractivity contribution >= 4 is 11.6 Å². The van der Waals surface area contributed by atoms with E-state index in [-0.39, 0.29) is 5.91 Å². The Bertz CT molecular complexity index is 851. The number of aromatic nitrogens is 2. The third kappa shape index (κ3) is 3.23. The van der Waals surface area contributed by atoms with Gasteiger partial charge in [-0.3, -0.25) is 4.79 Å². The SMILES string of the molecule is Cc1cccc(C(C)C)c1NC(=O)c1cccc(-n2cccn2)c1. The lowest BCUT2D eigenvalue weighted by Crippen LogP contribution is -2.15. The Morgan fingerprint density at radius 2 is 1.92 bits per heavy atom. The Morgan fingerprint density at radius 3 is 2.62 bits per heavy atom. The van der Waals surface area contributed by atoms with Gasteiger partial charge in [0.1, 0.15) is 0 Å². The number of nitrogens with zero attached hydrogens (tertiary/aromatic N) is 2. The molecule has 3 aromatic rings. The van der Waals surface area contributed by atoms with Crippen molar-refractivity contribution in [3.05, 3.63) is 77.6 Å². The molecule has 24 heavy (non-hydrogen) atoms. The van der Waals surface area contributed by atoms with Crippen LogP contribution in [0.2, 0.25) is 0 Å². The highest BCUT2D eigenvalue weighted by Gasteiger charge is 2.13. The summed E-state index contributed by atoms with van der Waals surface area (Å²) in [5, 5.41) is 7.29. The highest BCUT2D eigenvalue weighted by atomic mass is 16.1. The molecule has 3 rings (SSSR count). The van der Waals surface area contributed by atoms with Crippen LogP contribution in [0.15, 0.2) is 60.9 Å². The summed E-state index contributed by atoms with van der Waals surface area (Å²) in [6.07, 6.45) is 3.57. The zero-order chi connectivity index (χ0) is 17.1. The number of carbonyl (C=O) groups excluding carboxylic acids is 1. The minimum atomic E-state index is -0.111. The number of benzene rings is 2. The van der Waals surface area contributed by atoms with Gasteiger partial charge in [0.15, 0.2) is 0 Å². The first-order chi connectivity index (χ1) is 11.6. The summed E-state index contributed by atoms with van der Waals surface area (Å²) in [7, 11) is 0. The van der Waals surface area contributed by atoms with Crippen LogP contribution in [0.1, 0.15) is 41.3 Å². The van der Waals surface area contributed by atoms with E-state index in [1.165, 1.54) is 0 Å². The minimum absolute atomic E-state index is 0.111. The predicted octanol–water partition coefficient (Wildman–Crippen LogP) is 4.56. The van der Waals surface area contributed by atoms with Crippen LogP contribution in [0, 0.1) is 6.92 Å². The summed E-state index contributed by atoms with van der Waals surface area (Å²) < 4.78 is 1.74. The summed E-state index contributed by atoms with van der Waals surface area (Å²) >= 11 is 0.